The van der Waals surface area contributed by atoms with Gasteiger partial charge < -0.3 is 29.7 Å². The Hall–Kier alpha value is -4.68. The van der Waals surface area contributed by atoms with Gasteiger partial charge in [0.15, 0.2) is 0 Å². The number of aromatic nitrogens is 2. The van der Waals surface area contributed by atoms with Gasteiger partial charge in [-0.25, -0.2) is 23.2 Å². The number of carbonyl (C=O) groups is 4. The maximum atomic E-state index is 14.5. The van der Waals surface area contributed by atoms with Gasteiger partial charge in [-0.2, -0.15) is 13.2 Å². The molecule has 0 radical (unpaired) electrons. The Bertz CT molecular complexity index is 2140. The Labute approximate surface area is 333 Å². The quantitative estimate of drug-likeness (QED) is 0.321. The van der Waals surface area contributed by atoms with Crippen molar-refractivity contribution in [2.45, 2.75) is 125 Å². The second-order valence-corrected chi connectivity index (χ2v) is 19.1. The molecule has 314 valence electrons. The van der Waals surface area contributed by atoms with Crippen LogP contribution in [0.25, 0.3) is 11.0 Å². The van der Waals surface area contributed by atoms with Crippen molar-refractivity contribution >= 4 is 44.9 Å². The lowest BCUT2D eigenvalue weighted by molar-refractivity contribution is -0.143. The molecular weight excluding hydrogens is 786 g/mol. The van der Waals surface area contributed by atoms with Gasteiger partial charge in [-0.15, -0.1) is 0 Å². The fourth-order valence-corrected chi connectivity index (χ4v) is 9.91. The number of hydrogen-bond donors (Lipinski definition) is 3. The average Bonchev–Trinajstić information content (AvgIpc) is 4.12. The Morgan fingerprint density at radius 3 is 2.47 bits per heavy atom. The number of halogens is 3. The number of ether oxygens (including phenoxy) is 3. The van der Waals surface area contributed by atoms with E-state index in [4.69, 9.17) is 14.2 Å². The van der Waals surface area contributed by atoms with Crippen molar-refractivity contribution in [2.75, 3.05) is 13.7 Å². The number of carbonyl (C=O) groups excluding carboxylic acids is 4. The summed E-state index contributed by atoms with van der Waals surface area (Å²) in [6.45, 7) is 1.14. The lowest BCUT2D eigenvalue weighted by Crippen LogP contribution is -2.58. The van der Waals surface area contributed by atoms with Crippen LogP contribution in [0.4, 0.5) is 18.0 Å². The molecule has 5 fully saturated rings. The average molecular weight is 833 g/mol. The molecule has 6 aliphatic rings. The molecule has 4 amide bonds. The minimum absolute atomic E-state index is 0.0728. The number of alkyl halides is 3. The number of nitrogens with one attached hydrogen (secondary N) is 3. The number of benzene rings is 1. The van der Waals surface area contributed by atoms with Gasteiger partial charge in [-0.3, -0.25) is 19.1 Å². The van der Waals surface area contributed by atoms with Gasteiger partial charge in [-0.1, -0.05) is 25.0 Å². The number of rotatable bonds is 8. The molecule has 8 atom stereocenters. The van der Waals surface area contributed by atoms with Gasteiger partial charge in [0.1, 0.15) is 35.6 Å². The molecule has 4 aliphatic carbocycles. The van der Waals surface area contributed by atoms with Crippen molar-refractivity contribution in [3.63, 3.8) is 0 Å². The molecule has 0 bridgehead atoms. The number of methoxy groups -OCH3 is 1. The zero-order valence-corrected chi connectivity index (χ0v) is 33.0. The summed E-state index contributed by atoms with van der Waals surface area (Å²) in [6.07, 6.45) is 2.18. The lowest BCUT2D eigenvalue weighted by atomic mass is 10.0. The summed E-state index contributed by atoms with van der Waals surface area (Å²) in [5, 5.41) is 5.45. The molecule has 4 saturated carbocycles. The molecular formula is C39H47F3N6O9S. The second-order valence-electron chi connectivity index (χ2n) is 16.9. The normalized spacial score (nSPS) is 32.3. The molecule has 19 heteroatoms. The second kappa shape index (κ2) is 14.9. The summed E-state index contributed by atoms with van der Waals surface area (Å²) in [5.74, 6) is -2.53. The highest BCUT2D eigenvalue weighted by Gasteiger charge is 2.63. The molecule has 3 N–H and O–H groups in total. The van der Waals surface area contributed by atoms with E-state index >= 15 is 0 Å². The smallest absolute Gasteiger partial charge is 0.438 e. The van der Waals surface area contributed by atoms with Crippen molar-refractivity contribution in [3.8, 4) is 11.6 Å². The molecule has 8 rings (SSSR count). The first-order valence-corrected chi connectivity index (χ1v) is 21.4. The van der Waals surface area contributed by atoms with Crippen LogP contribution in [0, 0.1) is 17.8 Å². The van der Waals surface area contributed by atoms with Crippen molar-refractivity contribution in [1.82, 2.24) is 30.2 Å². The highest BCUT2D eigenvalue weighted by molar-refractivity contribution is 7.91. The number of amides is 4. The monoisotopic (exact) mass is 832 g/mol. The van der Waals surface area contributed by atoms with E-state index in [-0.39, 0.29) is 48.7 Å². The third-order valence-electron chi connectivity index (χ3n) is 12.6. The van der Waals surface area contributed by atoms with E-state index in [2.05, 4.69) is 25.3 Å². The summed E-state index contributed by atoms with van der Waals surface area (Å²) in [7, 11) is -2.73. The highest BCUT2D eigenvalue weighted by Crippen LogP contribution is 2.52. The number of fused-ring (bicyclic) bond motifs is 4. The Morgan fingerprint density at radius 2 is 1.76 bits per heavy atom. The molecule has 2 aromatic rings. The first kappa shape index (κ1) is 40.1. The Balaban J connectivity index is 1.09. The number of hydrogen-bond acceptors (Lipinski definition) is 11. The molecule has 15 nitrogen and oxygen atoms in total. The van der Waals surface area contributed by atoms with E-state index in [0.717, 1.165) is 24.2 Å². The molecule has 58 heavy (non-hydrogen) atoms. The fourth-order valence-electron chi connectivity index (χ4n) is 8.60. The third kappa shape index (κ3) is 8.02. The van der Waals surface area contributed by atoms with Crippen LogP contribution in [0.2, 0.25) is 0 Å². The predicted molar refractivity (Wildman–Crippen MR) is 200 cm³/mol. The van der Waals surface area contributed by atoms with E-state index in [1.165, 1.54) is 32.2 Å². The molecule has 2 aliphatic heterocycles. The van der Waals surface area contributed by atoms with Crippen molar-refractivity contribution in [3.05, 3.63) is 36.0 Å². The SMILES string of the molecule is COc1ccc2nc(O[C@@H]3C[C@H]4C(=O)N[C@]5(C(=O)NS(=O)(=O)C6(C)CC6)C[C@H]5/C=C/CCCCC[C@H](NC(=O)OC5C[C@@H]6C[C@@H]6C5)C(=O)N4C3)c(C(F)(F)F)nc2c1. The predicted octanol–water partition coefficient (Wildman–Crippen LogP) is 4.29. The van der Waals surface area contributed by atoms with Crippen molar-refractivity contribution in [1.29, 1.82) is 0 Å². The topological polar surface area (TPSA) is 195 Å². The highest BCUT2D eigenvalue weighted by atomic mass is 32.2. The van der Waals surface area contributed by atoms with Crippen LogP contribution in [-0.4, -0.2) is 95.3 Å². The third-order valence-corrected chi connectivity index (χ3v) is 14.8. The van der Waals surface area contributed by atoms with Gasteiger partial charge in [0, 0.05) is 18.4 Å². The fraction of sp³-hybridized carbons (Fsp3) is 0.641. The van der Waals surface area contributed by atoms with Gasteiger partial charge in [0.25, 0.3) is 5.91 Å². The van der Waals surface area contributed by atoms with Crippen molar-refractivity contribution in [2.24, 2.45) is 17.8 Å². The van der Waals surface area contributed by atoms with Crippen LogP contribution >= 0.6 is 0 Å². The molecule has 1 saturated heterocycles. The van der Waals surface area contributed by atoms with Crippen LogP contribution in [-0.2, 0) is 35.3 Å². The lowest BCUT2D eigenvalue weighted by Gasteiger charge is -2.30. The minimum Gasteiger partial charge on any atom is -0.497 e. The standard InChI is InChI=1S/C39H47F3N6O9S/c1-37(12-13-37)58(53,54)47-35(51)38-19-23(38)8-6-4-3-5-7-9-28(45-36(52)57-25-15-21-14-22(21)16-25)34(50)48-20-26(18-30(48)32(49)46-38)56-33-31(39(40,41)42)43-29-17-24(55-2)10-11-27(29)44-33/h6,8,10-11,17,21-23,25-26,28,30H,3-5,7,9,12-16,18-20H2,1-2H3,(H,45,52)(H,46,49)(H,47,51)/b8-6+/t21-,22+,23-,25?,26-,28+,30+,38-/m1/s1. The minimum atomic E-state index is -5.00. The maximum absolute atomic E-state index is 14.5. The molecule has 1 unspecified atom stereocenters. The summed E-state index contributed by atoms with van der Waals surface area (Å²) < 4.78 is 87.4. The first-order chi connectivity index (χ1) is 27.5. The van der Waals surface area contributed by atoms with Crippen LogP contribution in [0.15, 0.2) is 30.4 Å². The zero-order valence-electron chi connectivity index (χ0n) is 32.2. The molecule has 3 heterocycles. The van der Waals surface area contributed by atoms with E-state index in [1.54, 1.807) is 6.08 Å². The Kier molecular flexibility index (Phi) is 10.3. The molecule has 1 aromatic carbocycles. The van der Waals surface area contributed by atoms with E-state index in [0.29, 0.717) is 50.4 Å². The van der Waals surface area contributed by atoms with Crippen LogP contribution in [0.1, 0.15) is 89.7 Å². The molecule has 1 aromatic heterocycles. The van der Waals surface area contributed by atoms with Gasteiger partial charge in [0.2, 0.25) is 33.4 Å². The van der Waals surface area contributed by atoms with E-state index in [9.17, 15) is 40.8 Å². The van der Waals surface area contributed by atoms with E-state index in [1.807, 2.05) is 6.08 Å². The summed E-state index contributed by atoms with van der Waals surface area (Å²) in [6, 6.07) is 1.66. The number of alkyl carbamates (subject to hydrolysis) is 1. The Morgan fingerprint density at radius 1 is 1.00 bits per heavy atom. The van der Waals surface area contributed by atoms with Crippen LogP contribution in [0.3, 0.4) is 0 Å². The summed E-state index contributed by atoms with van der Waals surface area (Å²) >= 11 is 0. The first-order valence-electron chi connectivity index (χ1n) is 19.9. The summed E-state index contributed by atoms with van der Waals surface area (Å²) in [4.78, 5) is 65.1. The van der Waals surface area contributed by atoms with Crippen LogP contribution in [0.5, 0.6) is 11.6 Å². The molecule has 0 spiro atoms. The van der Waals surface area contributed by atoms with Gasteiger partial charge >= 0.3 is 12.3 Å². The number of sulfonamides is 1. The van der Waals surface area contributed by atoms with Crippen LogP contribution < -0.4 is 24.8 Å². The maximum Gasteiger partial charge on any atom is 0.438 e. The number of allylic oxidation sites excluding steroid dienone is 1. The van der Waals surface area contributed by atoms with Gasteiger partial charge in [0.05, 0.1) is 29.4 Å². The van der Waals surface area contributed by atoms with Gasteiger partial charge in [-0.05, 0) is 88.7 Å². The number of nitrogens with zero attached hydrogens (tertiary/aromatic N) is 3. The zero-order chi connectivity index (χ0) is 41.2. The van der Waals surface area contributed by atoms with Crippen molar-refractivity contribution < 1.29 is 55.0 Å². The van der Waals surface area contributed by atoms with E-state index < -0.39 is 86.0 Å². The largest absolute Gasteiger partial charge is 0.497 e. The summed E-state index contributed by atoms with van der Waals surface area (Å²) in [5.41, 5.74) is -3.12.